The van der Waals surface area contributed by atoms with E-state index in [1.165, 1.54) is 35.2 Å². The number of amides is 2. The molecule has 216 valence electrons. The molecule has 2 aromatic heterocycles. The molecule has 0 aliphatic carbocycles. The van der Waals surface area contributed by atoms with Crippen LogP contribution in [0.25, 0.3) is 11.1 Å². The van der Waals surface area contributed by atoms with Crippen LogP contribution in [-0.2, 0) is 25.8 Å². The molecule has 0 unspecified atom stereocenters. The van der Waals surface area contributed by atoms with E-state index in [4.69, 9.17) is 0 Å². The first-order chi connectivity index (χ1) is 20.7. The number of fused-ring (bicyclic) bond motifs is 2. The van der Waals surface area contributed by atoms with Crippen molar-refractivity contribution < 1.29 is 22.8 Å². The van der Waals surface area contributed by atoms with Crippen LogP contribution in [0.1, 0.15) is 48.8 Å². The van der Waals surface area contributed by atoms with Crippen molar-refractivity contribution in [3.05, 3.63) is 143 Å². The molecular weight excluding hydrogens is 553 g/mol. The average Bonchev–Trinajstić information content (AvgIpc) is 3.31. The Labute approximate surface area is 246 Å². The summed E-state index contributed by atoms with van der Waals surface area (Å²) in [6, 6.07) is 24.8. The molecule has 1 aliphatic rings. The number of anilines is 1. The van der Waals surface area contributed by atoms with Crippen LogP contribution in [0.4, 0.5) is 18.9 Å². The Morgan fingerprint density at radius 2 is 1.70 bits per heavy atom. The van der Waals surface area contributed by atoms with E-state index in [-0.39, 0.29) is 17.7 Å². The zero-order chi connectivity index (χ0) is 30.1. The van der Waals surface area contributed by atoms with Crippen molar-refractivity contribution in [2.75, 3.05) is 5.32 Å². The second-order valence-corrected chi connectivity index (χ2v) is 10.4. The highest BCUT2D eigenvalue weighted by molar-refractivity contribution is 6.10. The van der Waals surface area contributed by atoms with Crippen molar-refractivity contribution >= 4 is 17.5 Å². The number of para-hydroxylation sites is 1. The summed E-state index contributed by atoms with van der Waals surface area (Å²) in [6.45, 7) is 2.59. The first kappa shape index (κ1) is 28.0. The normalized spacial score (nSPS) is 12.5. The Balaban J connectivity index is 1.37. The molecule has 6 rings (SSSR count). The maximum absolute atomic E-state index is 14.2. The predicted octanol–water partition coefficient (Wildman–Crippen LogP) is 7.33. The molecule has 0 spiro atoms. The zero-order valence-electron chi connectivity index (χ0n) is 23.2. The number of imide groups is 1. The van der Waals surface area contributed by atoms with Gasteiger partial charge in [0.1, 0.15) is 5.69 Å². The lowest BCUT2D eigenvalue weighted by molar-refractivity contribution is -0.137. The van der Waals surface area contributed by atoms with Gasteiger partial charge in [-0.25, -0.2) is 0 Å². The first-order valence-electron chi connectivity index (χ1n) is 13.7. The first-order valence-corrected chi connectivity index (χ1v) is 13.7. The van der Waals surface area contributed by atoms with Gasteiger partial charge in [-0.05, 0) is 77.2 Å². The summed E-state index contributed by atoms with van der Waals surface area (Å²) < 4.78 is 43.1. The fraction of sp³-hybridized carbons (Fsp3) is 0.147. The quantitative estimate of drug-likeness (QED) is 0.221. The number of nitrogens with zero attached hydrogens (tertiary/aromatic N) is 3. The van der Waals surface area contributed by atoms with E-state index in [9.17, 15) is 22.8 Å². The molecule has 0 radical (unpaired) electrons. The summed E-state index contributed by atoms with van der Waals surface area (Å²) in [5.74, 6) is -1.04. The number of benzene rings is 3. The Kier molecular flexibility index (Phi) is 7.31. The molecular formula is C34H27F3N4O2. The number of nitrogens with one attached hydrogen (secondary N) is 1. The molecule has 6 nitrogen and oxygen atoms in total. The molecule has 0 fully saturated rings. The van der Waals surface area contributed by atoms with Gasteiger partial charge in [0.2, 0.25) is 0 Å². The van der Waals surface area contributed by atoms with E-state index in [2.05, 4.69) is 10.3 Å². The van der Waals surface area contributed by atoms with Crippen molar-refractivity contribution in [2.24, 2.45) is 0 Å². The maximum atomic E-state index is 14.2. The molecule has 3 heterocycles. The molecule has 3 aromatic carbocycles. The largest absolute Gasteiger partial charge is 0.417 e. The SMILES string of the molecule is Cc1cc(C(=O)N(Cc2cccnc2)C(=O)c2ccc3n2Cc2ccccc2NC3)ccc1-c1ccccc1C(F)(F)F. The number of hydrogen-bond donors (Lipinski definition) is 1. The van der Waals surface area contributed by atoms with Gasteiger partial charge in [0.05, 0.1) is 25.2 Å². The fourth-order valence-corrected chi connectivity index (χ4v) is 5.49. The number of rotatable bonds is 5. The summed E-state index contributed by atoms with van der Waals surface area (Å²) in [5, 5.41) is 3.40. The van der Waals surface area contributed by atoms with E-state index >= 15 is 0 Å². The van der Waals surface area contributed by atoms with E-state index in [1.54, 1.807) is 43.6 Å². The standard InChI is InChI=1S/C34H27F3N4O2/c1-22-17-24(12-14-27(22)28-9-3-4-10-29(28)34(35,36)37)32(42)41(20-23-7-6-16-38-18-23)33(43)31-15-13-26-19-39-30-11-5-2-8-25(30)21-40(26)31/h2-18,39H,19-21H2,1H3. The second-order valence-electron chi connectivity index (χ2n) is 10.4. The van der Waals surface area contributed by atoms with Crippen molar-refractivity contribution in [1.29, 1.82) is 0 Å². The highest BCUT2D eigenvalue weighted by atomic mass is 19.4. The third-order valence-electron chi connectivity index (χ3n) is 7.65. The van der Waals surface area contributed by atoms with Gasteiger partial charge in [-0.15, -0.1) is 0 Å². The lowest BCUT2D eigenvalue weighted by Gasteiger charge is -2.23. The van der Waals surface area contributed by atoms with Crippen LogP contribution in [0.2, 0.25) is 0 Å². The molecule has 0 bridgehead atoms. The molecule has 0 saturated heterocycles. The molecule has 1 aliphatic heterocycles. The summed E-state index contributed by atoms with van der Waals surface area (Å²) in [4.78, 5) is 33.5. The molecule has 1 N–H and O–H groups in total. The Morgan fingerprint density at radius 1 is 0.907 bits per heavy atom. The van der Waals surface area contributed by atoms with E-state index in [0.717, 1.165) is 23.0 Å². The van der Waals surface area contributed by atoms with Crippen LogP contribution in [-0.4, -0.2) is 26.3 Å². The Bertz CT molecular complexity index is 1830. The Hall–Kier alpha value is -5.18. The molecule has 0 atom stereocenters. The number of halogens is 3. The molecule has 2 amide bonds. The van der Waals surface area contributed by atoms with Crippen molar-refractivity contribution in [1.82, 2.24) is 14.5 Å². The van der Waals surface area contributed by atoms with Crippen LogP contribution >= 0.6 is 0 Å². The summed E-state index contributed by atoms with van der Waals surface area (Å²) in [5.41, 5.74) is 4.22. The van der Waals surface area contributed by atoms with Gasteiger partial charge in [-0.2, -0.15) is 13.2 Å². The summed E-state index contributed by atoms with van der Waals surface area (Å²) in [7, 11) is 0. The minimum Gasteiger partial charge on any atom is -0.379 e. The number of aromatic nitrogens is 2. The van der Waals surface area contributed by atoms with Crippen LogP contribution in [0.15, 0.2) is 103 Å². The van der Waals surface area contributed by atoms with Crippen LogP contribution in [0, 0.1) is 6.92 Å². The monoisotopic (exact) mass is 580 g/mol. The molecule has 43 heavy (non-hydrogen) atoms. The Morgan fingerprint density at radius 3 is 2.47 bits per heavy atom. The number of aryl methyl sites for hydroxylation is 1. The fourth-order valence-electron chi connectivity index (χ4n) is 5.49. The summed E-state index contributed by atoms with van der Waals surface area (Å²) in [6.07, 6.45) is -1.33. The lowest BCUT2D eigenvalue weighted by atomic mass is 9.94. The average molecular weight is 581 g/mol. The van der Waals surface area contributed by atoms with Gasteiger partial charge in [0.25, 0.3) is 11.8 Å². The molecule has 5 aromatic rings. The third-order valence-corrected chi connectivity index (χ3v) is 7.65. The van der Waals surface area contributed by atoms with Gasteiger partial charge < -0.3 is 9.88 Å². The molecule has 0 saturated carbocycles. The maximum Gasteiger partial charge on any atom is 0.417 e. The van der Waals surface area contributed by atoms with Crippen LogP contribution < -0.4 is 5.32 Å². The van der Waals surface area contributed by atoms with Crippen molar-refractivity contribution in [3.8, 4) is 11.1 Å². The smallest absolute Gasteiger partial charge is 0.379 e. The highest BCUT2D eigenvalue weighted by Crippen LogP contribution is 2.38. The summed E-state index contributed by atoms with van der Waals surface area (Å²) >= 11 is 0. The number of carbonyl (C=O) groups is 2. The number of pyridine rings is 1. The third kappa shape index (κ3) is 5.53. The van der Waals surface area contributed by atoms with Crippen molar-refractivity contribution in [2.45, 2.75) is 32.7 Å². The van der Waals surface area contributed by atoms with Gasteiger partial charge in [-0.3, -0.25) is 19.5 Å². The highest BCUT2D eigenvalue weighted by Gasteiger charge is 2.34. The van der Waals surface area contributed by atoms with Crippen LogP contribution in [0.5, 0.6) is 0 Å². The number of carbonyl (C=O) groups excluding carboxylic acids is 2. The van der Waals surface area contributed by atoms with Gasteiger partial charge >= 0.3 is 6.18 Å². The number of alkyl halides is 3. The minimum atomic E-state index is -4.53. The topological polar surface area (TPSA) is 67.2 Å². The van der Waals surface area contributed by atoms with Crippen LogP contribution in [0.3, 0.4) is 0 Å². The predicted molar refractivity (Wildman–Crippen MR) is 157 cm³/mol. The van der Waals surface area contributed by atoms with E-state index in [1.807, 2.05) is 34.9 Å². The van der Waals surface area contributed by atoms with Gasteiger partial charge in [0.15, 0.2) is 0 Å². The lowest BCUT2D eigenvalue weighted by Crippen LogP contribution is -2.37. The van der Waals surface area contributed by atoms with Gasteiger partial charge in [0, 0.05) is 29.3 Å². The van der Waals surface area contributed by atoms with Crippen molar-refractivity contribution in [3.63, 3.8) is 0 Å². The van der Waals surface area contributed by atoms with E-state index in [0.29, 0.717) is 35.5 Å². The van der Waals surface area contributed by atoms with E-state index < -0.39 is 23.6 Å². The molecule has 9 heteroatoms. The zero-order valence-corrected chi connectivity index (χ0v) is 23.2. The van der Waals surface area contributed by atoms with Gasteiger partial charge in [-0.1, -0.05) is 48.5 Å². The second kappa shape index (κ2) is 11.2. The number of hydrogen-bond acceptors (Lipinski definition) is 4. The minimum absolute atomic E-state index is 0.0274.